The second kappa shape index (κ2) is 7.74. The van der Waals surface area contributed by atoms with Crippen LogP contribution >= 0.6 is 0 Å². The minimum absolute atomic E-state index is 0.157. The molecule has 1 saturated heterocycles. The molecule has 1 aliphatic heterocycles. The number of rotatable bonds is 5. The molecular formula is C18H20FN5O. The molecule has 6 nitrogen and oxygen atoms in total. The number of nitrogens with one attached hydrogen (secondary N) is 1. The van der Waals surface area contributed by atoms with Crippen molar-refractivity contribution in [3.05, 3.63) is 60.8 Å². The third-order valence-corrected chi connectivity index (χ3v) is 4.06. The first kappa shape index (κ1) is 16.9. The molecule has 1 aromatic carbocycles. The van der Waals surface area contributed by atoms with Crippen LogP contribution in [0.1, 0.15) is 10.5 Å². The maximum Gasteiger partial charge on any atom is 0.274 e. The average molecular weight is 341 g/mol. The van der Waals surface area contributed by atoms with Crippen LogP contribution < -0.4 is 10.2 Å². The van der Waals surface area contributed by atoms with E-state index in [1.807, 2.05) is 11.0 Å². The van der Waals surface area contributed by atoms with Gasteiger partial charge < -0.3 is 15.1 Å². The molecule has 1 aliphatic rings. The van der Waals surface area contributed by atoms with Gasteiger partial charge in [0.2, 0.25) is 0 Å². The van der Waals surface area contributed by atoms with Gasteiger partial charge >= 0.3 is 0 Å². The Kier molecular flexibility index (Phi) is 5.23. The smallest absolute Gasteiger partial charge is 0.274 e. The fraction of sp³-hybridized carbons (Fsp3) is 0.278. The highest BCUT2D eigenvalue weighted by Crippen LogP contribution is 2.20. The summed E-state index contributed by atoms with van der Waals surface area (Å²) in [7, 11) is 0. The maximum atomic E-state index is 13.9. The van der Waals surface area contributed by atoms with Crippen LogP contribution in [-0.2, 0) is 0 Å². The van der Waals surface area contributed by atoms with E-state index in [0.717, 1.165) is 0 Å². The van der Waals surface area contributed by atoms with Crippen LogP contribution in [0.15, 0.2) is 49.3 Å². The third-order valence-electron chi connectivity index (χ3n) is 4.06. The minimum atomic E-state index is -0.240. The number of hydrogen-bond donors (Lipinski definition) is 1. The summed E-state index contributed by atoms with van der Waals surface area (Å²) >= 11 is 0. The number of carbonyl (C=O) groups excluding carboxylic acids is 1. The van der Waals surface area contributed by atoms with Crippen molar-refractivity contribution in [1.29, 1.82) is 0 Å². The molecule has 0 aliphatic carbocycles. The van der Waals surface area contributed by atoms with Crippen LogP contribution in [0.5, 0.6) is 0 Å². The molecule has 1 amide bonds. The molecule has 130 valence electrons. The molecule has 0 radical (unpaired) electrons. The quantitative estimate of drug-likeness (QED) is 0.845. The summed E-state index contributed by atoms with van der Waals surface area (Å²) in [6, 6.07) is 6.69. The number of nitrogens with zero attached hydrogens (tertiary/aromatic N) is 4. The second-order valence-electron chi connectivity index (χ2n) is 5.69. The Hall–Kier alpha value is -2.96. The molecule has 3 rings (SSSR count). The summed E-state index contributed by atoms with van der Waals surface area (Å²) < 4.78 is 13.9. The van der Waals surface area contributed by atoms with Crippen molar-refractivity contribution < 1.29 is 9.18 Å². The molecule has 7 heteroatoms. The fourth-order valence-electron chi connectivity index (χ4n) is 2.73. The van der Waals surface area contributed by atoms with Crippen molar-refractivity contribution in [2.45, 2.75) is 0 Å². The summed E-state index contributed by atoms with van der Waals surface area (Å²) in [4.78, 5) is 24.6. The van der Waals surface area contributed by atoms with Gasteiger partial charge in [-0.1, -0.05) is 18.2 Å². The maximum absolute atomic E-state index is 13.9. The van der Waals surface area contributed by atoms with Gasteiger partial charge in [-0.05, 0) is 12.1 Å². The monoisotopic (exact) mass is 341 g/mol. The molecule has 2 aromatic rings. The van der Waals surface area contributed by atoms with E-state index in [-0.39, 0.29) is 11.7 Å². The number of amides is 1. The summed E-state index contributed by atoms with van der Waals surface area (Å²) in [6.45, 7) is 6.40. The van der Waals surface area contributed by atoms with Gasteiger partial charge in [0.1, 0.15) is 17.3 Å². The van der Waals surface area contributed by atoms with Crippen molar-refractivity contribution in [2.75, 3.05) is 42.9 Å². The Morgan fingerprint density at radius 3 is 2.60 bits per heavy atom. The van der Waals surface area contributed by atoms with Crippen molar-refractivity contribution in [3.63, 3.8) is 0 Å². The molecule has 0 saturated carbocycles. The second-order valence-corrected chi connectivity index (χ2v) is 5.69. The van der Waals surface area contributed by atoms with Gasteiger partial charge in [-0.25, -0.2) is 14.4 Å². The first-order valence-electron chi connectivity index (χ1n) is 8.14. The molecule has 0 atom stereocenters. The number of piperazine rings is 1. The van der Waals surface area contributed by atoms with Gasteiger partial charge in [0.05, 0.1) is 18.1 Å². The molecule has 2 heterocycles. The lowest BCUT2D eigenvalue weighted by molar-refractivity contribution is 0.0740. The van der Waals surface area contributed by atoms with Crippen LogP contribution in [0.4, 0.5) is 15.9 Å². The number of para-hydroxylation sites is 1. The van der Waals surface area contributed by atoms with Crippen molar-refractivity contribution in [1.82, 2.24) is 14.9 Å². The summed E-state index contributed by atoms with van der Waals surface area (Å²) in [5.74, 6) is 0.201. The Bertz CT molecular complexity index is 741. The van der Waals surface area contributed by atoms with Crippen molar-refractivity contribution in [3.8, 4) is 0 Å². The Labute approximate surface area is 146 Å². The molecule has 0 bridgehead atoms. The zero-order valence-electron chi connectivity index (χ0n) is 13.9. The van der Waals surface area contributed by atoms with E-state index >= 15 is 0 Å². The van der Waals surface area contributed by atoms with Gasteiger partial charge in [0.15, 0.2) is 0 Å². The third kappa shape index (κ3) is 3.93. The molecule has 1 N–H and O–H groups in total. The highest BCUT2D eigenvalue weighted by molar-refractivity contribution is 5.92. The number of aromatic nitrogens is 2. The van der Waals surface area contributed by atoms with Gasteiger partial charge in [0, 0.05) is 32.7 Å². The topological polar surface area (TPSA) is 61.4 Å². The zero-order chi connectivity index (χ0) is 17.6. The molecule has 0 spiro atoms. The van der Waals surface area contributed by atoms with Crippen molar-refractivity contribution in [2.24, 2.45) is 0 Å². The van der Waals surface area contributed by atoms with Gasteiger partial charge in [-0.15, -0.1) is 6.58 Å². The highest BCUT2D eigenvalue weighted by atomic mass is 19.1. The molecular weight excluding hydrogens is 321 g/mol. The minimum Gasteiger partial charge on any atom is -0.366 e. The van der Waals surface area contributed by atoms with E-state index in [4.69, 9.17) is 0 Å². The molecule has 25 heavy (non-hydrogen) atoms. The largest absolute Gasteiger partial charge is 0.366 e. The lowest BCUT2D eigenvalue weighted by Crippen LogP contribution is -2.49. The SMILES string of the molecule is C=CCNc1cnc(C(=O)N2CCN(c3ccccc3F)CC2)cn1. The molecule has 0 unspecified atom stereocenters. The Morgan fingerprint density at radius 2 is 1.96 bits per heavy atom. The number of halogens is 1. The van der Waals surface area contributed by atoms with E-state index in [1.165, 1.54) is 18.5 Å². The van der Waals surface area contributed by atoms with Crippen LogP contribution in [0.3, 0.4) is 0 Å². The lowest BCUT2D eigenvalue weighted by atomic mass is 10.2. The summed E-state index contributed by atoms with van der Waals surface area (Å²) in [5.41, 5.74) is 0.885. The van der Waals surface area contributed by atoms with Crippen LogP contribution in [-0.4, -0.2) is 53.5 Å². The van der Waals surface area contributed by atoms with Crippen LogP contribution in [0.2, 0.25) is 0 Å². The van der Waals surface area contributed by atoms with Crippen molar-refractivity contribution >= 4 is 17.4 Å². The predicted octanol–water partition coefficient (Wildman–Crippen LogP) is 2.18. The first-order chi connectivity index (χ1) is 12.2. The van der Waals surface area contributed by atoms with Crippen LogP contribution in [0.25, 0.3) is 0 Å². The molecule has 1 fully saturated rings. The number of anilines is 2. The predicted molar refractivity (Wildman–Crippen MR) is 95.2 cm³/mol. The first-order valence-corrected chi connectivity index (χ1v) is 8.14. The van der Waals surface area contributed by atoms with Crippen LogP contribution in [0, 0.1) is 5.82 Å². The fourth-order valence-corrected chi connectivity index (χ4v) is 2.73. The molecule has 1 aromatic heterocycles. The summed E-state index contributed by atoms with van der Waals surface area (Å²) in [6.07, 6.45) is 4.72. The average Bonchev–Trinajstić information content (AvgIpc) is 2.67. The van der Waals surface area contributed by atoms with Gasteiger partial charge in [-0.3, -0.25) is 4.79 Å². The number of carbonyl (C=O) groups is 1. The summed E-state index contributed by atoms with van der Waals surface area (Å²) in [5, 5.41) is 3.01. The van der Waals surface area contributed by atoms with E-state index < -0.39 is 0 Å². The Balaban J connectivity index is 1.60. The zero-order valence-corrected chi connectivity index (χ0v) is 13.9. The number of hydrogen-bond acceptors (Lipinski definition) is 5. The van der Waals surface area contributed by atoms with E-state index in [1.54, 1.807) is 23.1 Å². The Morgan fingerprint density at radius 1 is 1.20 bits per heavy atom. The lowest BCUT2D eigenvalue weighted by Gasteiger charge is -2.36. The van der Waals surface area contributed by atoms with E-state index in [9.17, 15) is 9.18 Å². The normalized spacial score (nSPS) is 14.3. The number of benzene rings is 1. The van der Waals surface area contributed by atoms with Gasteiger partial charge in [0.25, 0.3) is 5.91 Å². The van der Waals surface area contributed by atoms with E-state index in [0.29, 0.717) is 49.9 Å². The van der Waals surface area contributed by atoms with Gasteiger partial charge in [-0.2, -0.15) is 0 Å². The van der Waals surface area contributed by atoms with E-state index in [2.05, 4.69) is 21.9 Å². The standard InChI is InChI=1S/C18H20FN5O/c1-2-7-20-17-13-21-15(12-22-17)18(25)24-10-8-23(9-11-24)16-6-4-3-5-14(16)19/h2-6,12-13H,1,7-11H2,(H,20,22). The highest BCUT2D eigenvalue weighted by Gasteiger charge is 2.24.